The molecule has 0 fully saturated rings. The number of nitrogens with one attached hydrogen (secondary N) is 1. The van der Waals surface area contributed by atoms with Gasteiger partial charge in [0.05, 0.1) is 7.11 Å². The quantitative estimate of drug-likeness (QED) is 0.757. The molecule has 0 aliphatic rings. The normalized spacial score (nSPS) is 12.0. The van der Waals surface area contributed by atoms with Gasteiger partial charge in [0.15, 0.2) is 0 Å². The van der Waals surface area contributed by atoms with Gasteiger partial charge in [0.25, 0.3) is 5.56 Å². The topological polar surface area (TPSA) is 60.3 Å². The molecule has 1 unspecified atom stereocenters. The number of hydrogen-bond donors (Lipinski definition) is 1. The molecule has 1 aromatic heterocycles. The lowest BCUT2D eigenvalue weighted by Crippen LogP contribution is -2.31. The molecule has 1 N–H and O–H groups in total. The number of benzene rings is 2. The van der Waals surface area contributed by atoms with E-state index in [2.05, 4.69) is 5.32 Å². The van der Waals surface area contributed by atoms with Crippen LogP contribution in [0, 0.1) is 20.8 Å². The van der Waals surface area contributed by atoms with Crippen LogP contribution in [0.25, 0.3) is 10.8 Å². The lowest BCUT2D eigenvalue weighted by atomic mass is 10.0. The van der Waals surface area contributed by atoms with Gasteiger partial charge in [-0.15, -0.1) is 0 Å². The molecule has 5 heteroatoms. The van der Waals surface area contributed by atoms with Crippen LogP contribution >= 0.6 is 0 Å². The predicted octanol–water partition coefficient (Wildman–Crippen LogP) is 4.14. The molecule has 1 heterocycles. The summed E-state index contributed by atoms with van der Waals surface area (Å²) in [5.41, 5.74) is 3.76. The summed E-state index contributed by atoms with van der Waals surface area (Å²) in [6, 6.07) is 10.5. The third kappa shape index (κ3) is 3.58. The van der Waals surface area contributed by atoms with E-state index in [0.29, 0.717) is 11.1 Å². The average Bonchev–Trinajstić information content (AvgIpc) is 2.63. The lowest BCUT2D eigenvalue weighted by molar-refractivity contribution is -0.118. The molecule has 1 amide bonds. The Kier molecular flexibility index (Phi) is 5.04. The summed E-state index contributed by atoms with van der Waals surface area (Å²) in [4.78, 5) is 25.6. The van der Waals surface area contributed by atoms with Crippen LogP contribution in [0.4, 0.5) is 5.69 Å². The summed E-state index contributed by atoms with van der Waals surface area (Å²) in [5, 5.41) is 4.32. The molecule has 140 valence electrons. The maximum absolute atomic E-state index is 12.8. The van der Waals surface area contributed by atoms with Gasteiger partial charge in [0, 0.05) is 17.3 Å². The van der Waals surface area contributed by atoms with Gasteiger partial charge in [-0.05, 0) is 68.5 Å². The number of amides is 1. The van der Waals surface area contributed by atoms with Crippen LogP contribution in [0.3, 0.4) is 0 Å². The molecule has 2 aromatic carbocycles. The fourth-order valence-corrected chi connectivity index (χ4v) is 3.40. The number of rotatable bonds is 4. The number of aromatic nitrogens is 1. The van der Waals surface area contributed by atoms with Crippen molar-refractivity contribution in [3.05, 3.63) is 69.6 Å². The molecule has 27 heavy (non-hydrogen) atoms. The van der Waals surface area contributed by atoms with E-state index < -0.39 is 6.04 Å². The van der Waals surface area contributed by atoms with E-state index in [1.165, 1.54) is 4.57 Å². The van der Waals surface area contributed by atoms with Gasteiger partial charge >= 0.3 is 0 Å². The third-order valence-corrected chi connectivity index (χ3v) is 4.86. The molecular formula is C22H24N2O3. The highest BCUT2D eigenvalue weighted by Crippen LogP contribution is 2.23. The van der Waals surface area contributed by atoms with Gasteiger partial charge in [-0.1, -0.05) is 17.7 Å². The largest absolute Gasteiger partial charge is 0.497 e. The molecule has 0 aliphatic heterocycles. The van der Waals surface area contributed by atoms with Gasteiger partial charge < -0.3 is 14.6 Å². The van der Waals surface area contributed by atoms with Gasteiger partial charge in [-0.25, -0.2) is 0 Å². The highest BCUT2D eigenvalue weighted by molar-refractivity contribution is 5.95. The van der Waals surface area contributed by atoms with Crippen molar-refractivity contribution in [3.8, 4) is 5.75 Å². The summed E-state index contributed by atoms with van der Waals surface area (Å²) in [7, 11) is 1.59. The monoisotopic (exact) mass is 364 g/mol. The number of fused-ring (bicyclic) bond motifs is 1. The van der Waals surface area contributed by atoms with Crippen molar-refractivity contribution in [2.24, 2.45) is 0 Å². The van der Waals surface area contributed by atoms with Crippen molar-refractivity contribution < 1.29 is 9.53 Å². The predicted molar refractivity (Wildman–Crippen MR) is 109 cm³/mol. The van der Waals surface area contributed by atoms with Gasteiger partial charge in [-0.3, -0.25) is 9.59 Å². The van der Waals surface area contributed by atoms with Crippen molar-refractivity contribution in [3.63, 3.8) is 0 Å². The Balaban J connectivity index is 1.94. The Morgan fingerprint density at radius 3 is 2.37 bits per heavy atom. The summed E-state index contributed by atoms with van der Waals surface area (Å²) >= 11 is 0. The molecule has 3 rings (SSSR count). The first-order valence-electron chi connectivity index (χ1n) is 8.89. The molecule has 1 atom stereocenters. The van der Waals surface area contributed by atoms with Crippen LogP contribution in [0.2, 0.25) is 0 Å². The molecule has 0 bridgehead atoms. The van der Waals surface area contributed by atoms with E-state index in [-0.39, 0.29) is 11.5 Å². The molecule has 0 spiro atoms. The standard InChI is InChI=1S/C22H24N2O3/c1-13-10-14(2)20(15(3)11-13)23-21(25)16(4)24-9-8-17-12-18(27-5)6-7-19(17)22(24)26/h6-12,16H,1-5H3,(H,23,25). The molecule has 0 radical (unpaired) electrons. The lowest BCUT2D eigenvalue weighted by Gasteiger charge is -2.18. The summed E-state index contributed by atoms with van der Waals surface area (Å²) < 4.78 is 6.66. The number of carbonyl (C=O) groups is 1. The fourth-order valence-electron chi connectivity index (χ4n) is 3.40. The smallest absolute Gasteiger partial charge is 0.259 e. The first kappa shape index (κ1) is 18.7. The Hall–Kier alpha value is -3.08. The zero-order valence-corrected chi connectivity index (χ0v) is 16.3. The van der Waals surface area contributed by atoms with Crippen LogP contribution in [0.5, 0.6) is 5.75 Å². The summed E-state index contributed by atoms with van der Waals surface area (Å²) in [6.07, 6.45) is 1.66. The van der Waals surface area contributed by atoms with Crippen molar-refractivity contribution >= 4 is 22.4 Å². The SMILES string of the molecule is COc1ccc2c(=O)n(C(C)C(=O)Nc3c(C)cc(C)cc3C)ccc2c1. The van der Waals surface area contributed by atoms with Crippen molar-refractivity contribution in [2.45, 2.75) is 33.7 Å². The zero-order chi connectivity index (χ0) is 19.7. The van der Waals surface area contributed by atoms with E-state index >= 15 is 0 Å². The molecule has 0 saturated heterocycles. The number of pyridine rings is 1. The molecule has 0 aliphatic carbocycles. The van der Waals surface area contributed by atoms with E-state index in [1.54, 1.807) is 32.4 Å². The second-order valence-electron chi connectivity index (χ2n) is 6.92. The number of nitrogens with zero attached hydrogens (tertiary/aromatic N) is 1. The number of hydrogen-bond acceptors (Lipinski definition) is 3. The number of anilines is 1. The van der Waals surface area contributed by atoms with Crippen molar-refractivity contribution in [2.75, 3.05) is 12.4 Å². The first-order chi connectivity index (χ1) is 12.8. The molecule has 5 nitrogen and oxygen atoms in total. The van der Waals surface area contributed by atoms with E-state index in [9.17, 15) is 9.59 Å². The Morgan fingerprint density at radius 1 is 1.07 bits per heavy atom. The molecular weight excluding hydrogens is 340 g/mol. The maximum Gasteiger partial charge on any atom is 0.259 e. The minimum atomic E-state index is -0.635. The number of carbonyl (C=O) groups excluding carboxylic acids is 1. The van der Waals surface area contributed by atoms with Crippen LogP contribution in [0.1, 0.15) is 29.7 Å². The van der Waals surface area contributed by atoms with Crippen molar-refractivity contribution in [1.29, 1.82) is 0 Å². The average molecular weight is 364 g/mol. The van der Waals surface area contributed by atoms with Crippen LogP contribution < -0.4 is 15.6 Å². The zero-order valence-electron chi connectivity index (χ0n) is 16.3. The number of aryl methyl sites for hydroxylation is 3. The third-order valence-electron chi connectivity index (χ3n) is 4.86. The second-order valence-corrected chi connectivity index (χ2v) is 6.92. The summed E-state index contributed by atoms with van der Waals surface area (Å²) in [6.45, 7) is 7.69. The Bertz CT molecular complexity index is 1060. The Labute approximate surface area is 158 Å². The minimum absolute atomic E-state index is 0.199. The van der Waals surface area contributed by atoms with E-state index in [0.717, 1.165) is 27.8 Å². The van der Waals surface area contributed by atoms with Gasteiger partial charge in [0.2, 0.25) is 5.91 Å². The van der Waals surface area contributed by atoms with Crippen LogP contribution in [-0.4, -0.2) is 17.6 Å². The molecule has 0 saturated carbocycles. The highest BCUT2D eigenvalue weighted by atomic mass is 16.5. The molecule has 3 aromatic rings. The fraction of sp³-hybridized carbons (Fsp3) is 0.273. The summed E-state index contributed by atoms with van der Waals surface area (Å²) in [5.74, 6) is 0.468. The number of ether oxygens (including phenoxy) is 1. The Morgan fingerprint density at radius 2 is 1.74 bits per heavy atom. The van der Waals surface area contributed by atoms with Crippen LogP contribution in [0.15, 0.2) is 47.4 Å². The van der Waals surface area contributed by atoms with E-state index in [1.807, 2.05) is 45.0 Å². The second kappa shape index (κ2) is 7.27. The highest BCUT2D eigenvalue weighted by Gasteiger charge is 2.19. The number of methoxy groups -OCH3 is 1. The van der Waals surface area contributed by atoms with Crippen LogP contribution in [-0.2, 0) is 4.79 Å². The first-order valence-corrected chi connectivity index (χ1v) is 8.89. The maximum atomic E-state index is 12.8. The van der Waals surface area contributed by atoms with E-state index in [4.69, 9.17) is 4.74 Å². The van der Waals surface area contributed by atoms with Gasteiger partial charge in [-0.2, -0.15) is 0 Å². The van der Waals surface area contributed by atoms with Crippen molar-refractivity contribution in [1.82, 2.24) is 4.57 Å². The van der Waals surface area contributed by atoms with Gasteiger partial charge in [0.1, 0.15) is 11.8 Å². The minimum Gasteiger partial charge on any atom is -0.497 e.